The summed E-state index contributed by atoms with van der Waals surface area (Å²) in [5.74, 6) is 0.771. The first-order chi connectivity index (χ1) is 13.7. The van der Waals surface area contributed by atoms with Gasteiger partial charge in [-0.05, 0) is 36.0 Å². The predicted molar refractivity (Wildman–Crippen MR) is 107 cm³/mol. The quantitative estimate of drug-likeness (QED) is 0.797. The summed E-state index contributed by atoms with van der Waals surface area (Å²) in [6.45, 7) is 7.44. The normalized spacial score (nSPS) is 18.2. The van der Waals surface area contributed by atoms with Crippen molar-refractivity contribution in [2.45, 2.75) is 26.3 Å². The maximum absolute atomic E-state index is 12.5. The largest absolute Gasteiger partial charge is 0.381 e. The van der Waals surface area contributed by atoms with Gasteiger partial charge in [0.15, 0.2) is 0 Å². The number of nitrogens with zero attached hydrogens (tertiary/aromatic N) is 3. The molecule has 1 unspecified atom stereocenters. The highest BCUT2D eigenvalue weighted by Crippen LogP contribution is 2.19. The fourth-order valence-corrected chi connectivity index (χ4v) is 3.90. The number of hydrogen-bond donors (Lipinski definition) is 1. The molecule has 1 fully saturated rings. The molecule has 1 amide bonds. The number of rotatable bonds is 7. The van der Waals surface area contributed by atoms with E-state index in [0.29, 0.717) is 24.1 Å². The van der Waals surface area contributed by atoms with Crippen LogP contribution in [0.2, 0.25) is 0 Å². The molecule has 3 heterocycles. The van der Waals surface area contributed by atoms with Gasteiger partial charge in [-0.1, -0.05) is 31.2 Å². The lowest BCUT2D eigenvalue weighted by Crippen LogP contribution is -2.38. The Morgan fingerprint density at radius 1 is 1.29 bits per heavy atom. The number of ether oxygens (including phenoxy) is 1. The first kappa shape index (κ1) is 19.0. The van der Waals surface area contributed by atoms with Crippen molar-refractivity contribution in [3.63, 3.8) is 0 Å². The topological polar surface area (TPSA) is 67.3 Å². The minimum Gasteiger partial charge on any atom is -0.381 e. The lowest BCUT2D eigenvalue weighted by Gasteiger charge is -2.30. The fraction of sp³-hybridized carbons (Fsp3) is 0.500. The van der Waals surface area contributed by atoms with E-state index in [1.54, 1.807) is 6.07 Å². The molecule has 0 aliphatic carbocycles. The molecular weight excluding hydrogens is 352 g/mol. The van der Waals surface area contributed by atoms with E-state index in [1.165, 1.54) is 17.5 Å². The predicted octanol–water partition coefficient (Wildman–Crippen LogP) is 2.09. The van der Waals surface area contributed by atoms with Gasteiger partial charge in [-0.25, -0.2) is 9.97 Å². The lowest BCUT2D eigenvalue weighted by atomic mass is 9.99. The summed E-state index contributed by atoms with van der Waals surface area (Å²) in [5.41, 5.74) is 4.25. The van der Waals surface area contributed by atoms with Crippen LogP contribution in [-0.2, 0) is 24.1 Å². The molecule has 1 atom stereocenters. The van der Waals surface area contributed by atoms with Crippen LogP contribution in [0.5, 0.6) is 0 Å². The number of carbonyl (C=O) groups excluding carboxylic acids is 1. The van der Waals surface area contributed by atoms with Crippen LogP contribution >= 0.6 is 0 Å². The van der Waals surface area contributed by atoms with Crippen LogP contribution in [0.1, 0.15) is 34.2 Å². The summed E-state index contributed by atoms with van der Waals surface area (Å²) in [7, 11) is 0. The monoisotopic (exact) mass is 380 g/mol. The first-order valence-corrected chi connectivity index (χ1v) is 10.1. The van der Waals surface area contributed by atoms with E-state index < -0.39 is 0 Å². The van der Waals surface area contributed by atoms with Gasteiger partial charge in [0.2, 0.25) is 0 Å². The highest BCUT2D eigenvalue weighted by atomic mass is 16.5. The number of fused-ring (bicyclic) bond motifs is 1. The Bertz CT molecular complexity index is 822. The van der Waals surface area contributed by atoms with Crippen LogP contribution in [0.25, 0.3) is 0 Å². The number of aromatic nitrogens is 2. The molecule has 4 rings (SSSR count). The maximum Gasteiger partial charge on any atom is 0.270 e. The van der Waals surface area contributed by atoms with E-state index in [4.69, 9.17) is 4.74 Å². The van der Waals surface area contributed by atoms with Crippen LogP contribution in [-0.4, -0.2) is 53.6 Å². The molecule has 2 aliphatic rings. The molecule has 1 aromatic heterocycles. The van der Waals surface area contributed by atoms with Crippen LogP contribution in [0.4, 0.5) is 0 Å². The molecule has 0 spiro atoms. The SMILES string of the molecule is CC(CNC(=O)c1cc(CC2COC2)ncn1)CN1CCc2ccccc2C1. The molecular formula is C22H28N4O2. The molecule has 1 N–H and O–H groups in total. The van der Waals surface area contributed by atoms with Crippen LogP contribution in [0, 0.1) is 11.8 Å². The third-order valence-electron chi connectivity index (χ3n) is 5.55. The summed E-state index contributed by atoms with van der Waals surface area (Å²) in [6.07, 6.45) is 3.43. The van der Waals surface area contributed by atoms with Crippen molar-refractivity contribution in [1.29, 1.82) is 0 Å². The zero-order valence-electron chi connectivity index (χ0n) is 16.4. The summed E-state index contributed by atoms with van der Waals surface area (Å²) in [4.78, 5) is 23.4. The second kappa shape index (κ2) is 8.80. The second-order valence-corrected chi connectivity index (χ2v) is 8.07. The maximum atomic E-state index is 12.5. The van der Waals surface area contributed by atoms with Gasteiger partial charge in [0.25, 0.3) is 5.91 Å². The van der Waals surface area contributed by atoms with Gasteiger partial charge in [-0.3, -0.25) is 9.69 Å². The minimum atomic E-state index is -0.121. The number of carbonyl (C=O) groups is 1. The average Bonchev–Trinajstić information content (AvgIpc) is 2.69. The molecule has 28 heavy (non-hydrogen) atoms. The van der Waals surface area contributed by atoms with E-state index in [-0.39, 0.29) is 5.91 Å². The number of hydrogen-bond acceptors (Lipinski definition) is 5. The van der Waals surface area contributed by atoms with E-state index in [0.717, 1.165) is 51.4 Å². The summed E-state index contributed by atoms with van der Waals surface area (Å²) >= 11 is 0. The smallest absolute Gasteiger partial charge is 0.270 e. The van der Waals surface area contributed by atoms with Crippen molar-refractivity contribution in [2.24, 2.45) is 11.8 Å². The van der Waals surface area contributed by atoms with E-state index in [2.05, 4.69) is 51.4 Å². The minimum absolute atomic E-state index is 0.121. The van der Waals surface area contributed by atoms with Gasteiger partial charge >= 0.3 is 0 Å². The molecule has 0 bridgehead atoms. The van der Waals surface area contributed by atoms with E-state index in [1.807, 2.05) is 0 Å². The van der Waals surface area contributed by atoms with Crippen molar-refractivity contribution in [3.05, 3.63) is 59.2 Å². The molecule has 2 aliphatic heterocycles. The molecule has 2 aromatic rings. The molecule has 148 valence electrons. The third-order valence-corrected chi connectivity index (χ3v) is 5.55. The fourth-order valence-electron chi connectivity index (χ4n) is 3.90. The van der Waals surface area contributed by atoms with Crippen LogP contribution < -0.4 is 5.32 Å². The molecule has 0 radical (unpaired) electrons. The summed E-state index contributed by atoms with van der Waals surface area (Å²) < 4.78 is 5.20. The molecule has 6 heteroatoms. The van der Waals surface area contributed by atoms with E-state index in [9.17, 15) is 4.79 Å². The van der Waals surface area contributed by atoms with Crippen LogP contribution in [0.15, 0.2) is 36.7 Å². The van der Waals surface area contributed by atoms with Gasteiger partial charge in [0, 0.05) is 37.8 Å². The third kappa shape index (κ3) is 4.75. The van der Waals surface area contributed by atoms with Gasteiger partial charge in [0.05, 0.1) is 13.2 Å². The molecule has 6 nitrogen and oxygen atoms in total. The zero-order chi connectivity index (χ0) is 19.3. The number of amides is 1. The van der Waals surface area contributed by atoms with Gasteiger partial charge < -0.3 is 10.1 Å². The highest BCUT2D eigenvalue weighted by molar-refractivity contribution is 5.92. The highest BCUT2D eigenvalue weighted by Gasteiger charge is 2.21. The zero-order valence-corrected chi connectivity index (χ0v) is 16.4. The summed E-state index contributed by atoms with van der Waals surface area (Å²) in [6, 6.07) is 10.5. The average molecular weight is 380 g/mol. The Labute approximate surface area is 166 Å². The summed E-state index contributed by atoms with van der Waals surface area (Å²) in [5, 5.41) is 3.04. The van der Waals surface area contributed by atoms with E-state index >= 15 is 0 Å². The standard InChI is InChI=1S/C22H28N4O2/c1-16(11-26-7-6-18-4-2-3-5-19(18)12-26)10-23-22(27)21-9-20(24-15-25-21)8-17-13-28-14-17/h2-5,9,15-17H,6-8,10-14H2,1H3,(H,23,27). The Hall–Kier alpha value is -2.31. The Kier molecular flexibility index (Phi) is 5.98. The molecule has 1 saturated heterocycles. The molecule has 1 aromatic carbocycles. The molecule has 0 saturated carbocycles. The van der Waals surface area contributed by atoms with Gasteiger partial charge in [0.1, 0.15) is 12.0 Å². The lowest BCUT2D eigenvalue weighted by molar-refractivity contribution is -0.0316. The Balaban J connectivity index is 1.25. The first-order valence-electron chi connectivity index (χ1n) is 10.1. The Morgan fingerprint density at radius 3 is 2.89 bits per heavy atom. The Morgan fingerprint density at radius 2 is 2.11 bits per heavy atom. The second-order valence-electron chi connectivity index (χ2n) is 8.07. The number of benzene rings is 1. The number of nitrogens with one attached hydrogen (secondary N) is 1. The van der Waals surface area contributed by atoms with Crippen molar-refractivity contribution in [2.75, 3.05) is 32.8 Å². The van der Waals surface area contributed by atoms with Gasteiger partial charge in [-0.2, -0.15) is 0 Å². The van der Waals surface area contributed by atoms with Crippen molar-refractivity contribution >= 4 is 5.91 Å². The van der Waals surface area contributed by atoms with Gasteiger partial charge in [-0.15, -0.1) is 0 Å². The van der Waals surface area contributed by atoms with Crippen molar-refractivity contribution in [3.8, 4) is 0 Å². The van der Waals surface area contributed by atoms with Crippen molar-refractivity contribution in [1.82, 2.24) is 20.2 Å². The van der Waals surface area contributed by atoms with Crippen molar-refractivity contribution < 1.29 is 9.53 Å². The van der Waals surface area contributed by atoms with Crippen LogP contribution in [0.3, 0.4) is 0 Å².